The summed E-state index contributed by atoms with van der Waals surface area (Å²) in [6.45, 7) is 1.99. The summed E-state index contributed by atoms with van der Waals surface area (Å²) in [7, 11) is -1.95. The highest BCUT2D eigenvalue weighted by Gasteiger charge is 2.27. The number of anilines is 1. The third-order valence-electron chi connectivity index (χ3n) is 4.47. The Morgan fingerprint density at radius 2 is 1.79 bits per heavy atom. The lowest BCUT2D eigenvalue weighted by Gasteiger charge is -2.16. The van der Waals surface area contributed by atoms with Gasteiger partial charge in [0.25, 0.3) is 5.91 Å². The smallest absolute Gasteiger partial charge is 0.255 e. The first-order chi connectivity index (χ1) is 13.5. The number of methoxy groups -OCH3 is 1. The maximum atomic E-state index is 12.7. The lowest BCUT2D eigenvalue weighted by atomic mass is 10.2. The molecule has 28 heavy (non-hydrogen) atoms. The van der Waals surface area contributed by atoms with Gasteiger partial charge in [-0.05, 0) is 55.3 Å². The Morgan fingerprint density at radius 1 is 1.07 bits per heavy atom. The molecule has 0 atom stereocenters. The summed E-state index contributed by atoms with van der Waals surface area (Å²) in [5.74, 6) is 0.306. The Hall–Kier alpha value is -2.42. The molecule has 7 nitrogen and oxygen atoms in total. The van der Waals surface area contributed by atoms with Crippen molar-refractivity contribution in [3.8, 4) is 5.75 Å². The molecule has 1 saturated heterocycles. The molecule has 8 heteroatoms. The van der Waals surface area contributed by atoms with Crippen LogP contribution in [-0.2, 0) is 14.8 Å². The molecular formula is C20H24N2O5S. The second kappa shape index (κ2) is 9.18. The zero-order valence-electron chi connectivity index (χ0n) is 15.8. The van der Waals surface area contributed by atoms with Crippen LogP contribution in [0.3, 0.4) is 0 Å². The first-order valence-corrected chi connectivity index (χ1v) is 10.6. The number of nitrogens with one attached hydrogen (secondary N) is 1. The normalized spacial score (nSPS) is 14.8. The van der Waals surface area contributed by atoms with Crippen LogP contribution in [0.5, 0.6) is 5.75 Å². The van der Waals surface area contributed by atoms with E-state index in [1.807, 2.05) is 0 Å². The Bertz CT molecular complexity index is 906. The summed E-state index contributed by atoms with van der Waals surface area (Å²) >= 11 is 0. The summed E-state index contributed by atoms with van der Waals surface area (Å²) in [6.07, 6.45) is 1.73. The van der Waals surface area contributed by atoms with Crippen molar-refractivity contribution >= 4 is 21.6 Å². The van der Waals surface area contributed by atoms with Gasteiger partial charge in [0.15, 0.2) is 0 Å². The van der Waals surface area contributed by atoms with Gasteiger partial charge >= 0.3 is 0 Å². The second-order valence-corrected chi connectivity index (χ2v) is 8.40. The molecule has 0 aliphatic carbocycles. The zero-order valence-corrected chi connectivity index (χ0v) is 16.6. The van der Waals surface area contributed by atoms with E-state index >= 15 is 0 Å². The molecule has 0 aromatic heterocycles. The number of amides is 1. The Balaban J connectivity index is 1.68. The number of carbonyl (C=O) groups excluding carboxylic acids is 1. The topological polar surface area (TPSA) is 84.9 Å². The minimum atomic E-state index is -3.56. The van der Waals surface area contributed by atoms with Crippen molar-refractivity contribution in [1.82, 2.24) is 4.31 Å². The minimum absolute atomic E-state index is 0.143. The van der Waals surface area contributed by atoms with Gasteiger partial charge in [-0.25, -0.2) is 8.42 Å². The maximum Gasteiger partial charge on any atom is 0.255 e. The van der Waals surface area contributed by atoms with Crippen LogP contribution in [0.4, 0.5) is 5.69 Å². The molecule has 3 rings (SSSR count). The molecule has 0 radical (unpaired) electrons. The van der Waals surface area contributed by atoms with Gasteiger partial charge in [0, 0.05) is 31.5 Å². The maximum absolute atomic E-state index is 12.7. The summed E-state index contributed by atoms with van der Waals surface area (Å²) in [5, 5.41) is 2.77. The van der Waals surface area contributed by atoms with E-state index in [0.29, 0.717) is 43.3 Å². The van der Waals surface area contributed by atoms with E-state index in [1.165, 1.54) is 16.4 Å². The number of benzene rings is 2. The largest absolute Gasteiger partial charge is 0.491 e. The van der Waals surface area contributed by atoms with Gasteiger partial charge in [0.05, 0.1) is 11.5 Å². The van der Waals surface area contributed by atoms with E-state index in [-0.39, 0.29) is 10.8 Å². The van der Waals surface area contributed by atoms with Gasteiger partial charge in [0.2, 0.25) is 10.0 Å². The first-order valence-electron chi connectivity index (χ1n) is 9.14. The quantitative estimate of drug-likeness (QED) is 0.684. The highest BCUT2D eigenvalue weighted by atomic mass is 32.2. The Morgan fingerprint density at radius 3 is 2.46 bits per heavy atom. The second-order valence-electron chi connectivity index (χ2n) is 6.46. The van der Waals surface area contributed by atoms with Crippen LogP contribution in [0.1, 0.15) is 23.2 Å². The van der Waals surface area contributed by atoms with Crippen molar-refractivity contribution in [3.63, 3.8) is 0 Å². The molecule has 0 bridgehead atoms. The number of rotatable bonds is 8. The monoisotopic (exact) mass is 404 g/mol. The predicted molar refractivity (Wildman–Crippen MR) is 106 cm³/mol. The Kier molecular flexibility index (Phi) is 6.66. The van der Waals surface area contributed by atoms with E-state index in [2.05, 4.69) is 5.32 Å². The zero-order chi connectivity index (χ0) is 20.0. The minimum Gasteiger partial charge on any atom is -0.491 e. The fraction of sp³-hybridized carbons (Fsp3) is 0.350. The van der Waals surface area contributed by atoms with Crippen LogP contribution < -0.4 is 10.1 Å². The standard InChI is InChI=1S/C20H24N2O5S/c1-26-13-14-27-18-9-7-17(8-10-18)21-20(23)16-5-4-6-19(15-16)28(24,25)22-11-2-3-12-22/h4-10,15H,2-3,11-14H2,1H3,(H,21,23). The fourth-order valence-electron chi connectivity index (χ4n) is 2.96. The summed E-state index contributed by atoms with van der Waals surface area (Å²) in [5.41, 5.74) is 0.887. The van der Waals surface area contributed by atoms with E-state index < -0.39 is 10.0 Å². The molecule has 1 aliphatic heterocycles. The Labute approximate surface area is 165 Å². The summed E-state index contributed by atoms with van der Waals surface area (Å²) in [6, 6.07) is 13.1. The van der Waals surface area contributed by atoms with Crippen molar-refractivity contribution in [2.75, 3.05) is 38.7 Å². The summed E-state index contributed by atoms with van der Waals surface area (Å²) in [4.78, 5) is 12.7. The average molecular weight is 404 g/mol. The molecule has 0 spiro atoms. The van der Waals surface area contributed by atoms with Crippen molar-refractivity contribution in [2.24, 2.45) is 0 Å². The van der Waals surface area contributed by atoms with Crippen molar-refractivity contribution in [1.29, 1.82) is 0 Å². The third-order valence-corrected chi connectivity index (χ3v) is 6.36. The molecule has 1 N–H and O–H groups in total. The molecule has 1 heterocycles. The van der Waals surface area contributed by atoms with Gasteiger partial charge in [0.1, 0.15) is 12.4 Å². The molecular weight excluding hydrogens is 380 g/mol. The summed E-state index contributed by atoms with van der Waals surface area (Å²) < 4.78 is 37.2. The number of sulfonamides is 1. The molecule has 1 aliphatic rings. The number of ether oxygens (including phenoxy) is 2. The fourth-order valence-corrected chi connectivity index (χ4v) is 4.52. The van der Waals surface area contributed by atoms with Crippen LogP contribution in [0.15, 0.2) is 53.4 Å². The van der Waals surface area contributed by atoms with Gasteiger partial charge in [-0.15, -0.1) is 0 Å². The lowest BCUT2D eigenvalue weighted by Crippen LogP contribution is -2.28. The van der Waals surface area contributed by atoms with E-state index in [0.717, 1.165) is 12.8 Å². The van der Waals surface area contributed by atoms with Crippen molar-refractivity contribution in [3.05, 3.63) is 54.1 Å². The molecule has 1 amide bonds. The number of hydrogen-bond donors (Lipinski definition) is 1. The number of hydrogen-bond acceptors (Lipinski definition) is 5. The lowest BCUT2D eigenvalue weighted by molar-refractivity contribution is 0.102. The van der Waals surface area contributed by atoms with Crippen LogP contribution in [0.2, 0.25) is 0 Å². The SMILES string of the molecule is COCCOc1ccc(NC(=O)c2cccc(S(=O)(=O)N3CCCC3)c2)cc1. The number of carbonyl (C=O) groups is 1. The predicted octanol–water partition coefficient (Wildman–Crippen LogP) is 2.75. The molecule has 1 fully saturated rings. The molecule has 0 unspecified atom stereocenters. The van der Waals surface area contributed by atoms with Gasteiger partial charge in [-0.1, -0.05) is 6.07 Å². The molecule has 2 aromatic carbocycles. The van der Waals surface area contributed by atoms with E-state index in [9.17, 15) is 13.2 Å². The first kappa shape index (κ1) is 20.3. The molecule has 0 saturated carbocycles. The van der Waals surface area contributed by atoms with Crippen molar-refractivity contribution < 1.29 is 22.7 Å². The van der Waals surface area contributed by atoms with Crippen LogP contribution in [-0.4, -0.2) is 52.0 Å². The van der Waals surface area contributed by atoms with Crippen LogP contribution in [0.25, 0.3) is 0 Å². The van der Waals surface area contributed by atoms with Gasteiger partial charge in [-0.2, -0.15) is 4.31 Å². The van der Waals surface area contributed by atoms with E-state index in [4.69, 9.17) is 9.47 Å². The van der Waals surface area contributed by atoms with Crippen LogP contribution in [0, 0.1) is 0 Å². The highest BCUT2D eigenvalue weighted by Crippen LogP contribution is 2.22. The molecule has 150 valence electrons. The van der Waals surface area contributed by atoms with Crippen molar-refractivity contribution in [2.45, 2.75) is 17.7 Å². The highest BCUT2D eigenvalue weighted by molar-refractivity contribution is 7.89. The van der Waals surface area contributed by atoms with Gasteiger partial charge in [-0.3, -0.25) is 4.79 Å². The molecule has 2 aromatic rings. The average Bonchev–Trinajstić information content (AvgIpc) is 3.25. The van der Waals surface area contributed by atoms with E-state index in [1.54, 1.807) is 43.5 Å². The van der Waals surface area contributed by atoms with Gasteiger partial charge < -0.3 is 14.8 Å². The van der Waals surface area contributed by atoms with Crippen LogP contribution >= 0.6 is 0 Å². The number of nitrogens with zero attached hydrogens (tertiary/aromatic N) is 1. The third kappa shape index (κ3) is 4.89.